The van der Waals surface area contributed by atoms with Crippen LogP contribution in [0.1, 0.15) is 219 Å². The lowest BCUT2D eigenvalue weighted by Gasteiger charge is -2.20. The highest BCUT2D eigenvalue weighted by atomic mass is 31.2. The van der Waals surface area contributed by atoms with Gasteiger partial charge < -0.3 is 24.6 Å². The molecule has 1 unspecified atom stereocenters. The van der Waals surface area contributed by atoms with Crippen LogP contribution in [0.15, 0.2) is 12.2 Å². The lowest BCUT2D eigenvalue weighted by Crippen LogP contribution is -2.29. The number of carbonyl (C=O) groups is 2. The third kappa shape index (κ3) is 40.7. The third-order valence-electron chi connectivity index (χ3n) is 9.92. The Morgan fingerprint density at radius 2 is 0.891 bits per heavy atom. The van der Waals surface area contributed by atoms with Crippen molar-refractivity contribution in [3.8, 4) is 0 Å². The first kappa shape index (κ1) is 53.7. The Hall–Kier alpha value is -1.29. The van der Waals surface area contributed by atoms with Crippen molar-refractivity contribution in [1.29, 1.82) is 0 Å². The highest BCUT2D eigenvalue weighted by Gasteiger charge is 2.27. The van der Waals surface area contributed by atoms with Crippen molar-refractivity contribution in [1.82, 2.24) is 0 Å². The van der Waals surface area contributed by atoms with Gasteiger partial charge in [0.05, 0.1) is 19.8 Å². The van der Waals surface area contributed by atoms with Crippen LogP contribution in [0.4, 0.5) is 0 Å². The van der Waals surface area contributed by atoms with E-state index in [9.17, 15) is 24.2 Å². The van der Waals surface area contributed by atoms with E-state index in [0.29, 0.717) is 12.8 Å². The van der Waals surface area contributed by atoms with E-state index in [1.807, 2.05) is 0 Å². The summed E-state index contributed by atoms with van der Waals surface area (Å²) >= 11 is 0. The van der Waals surface area contributed by atoms with Gasteiger partial charge in [-0.1, -0.05) is 180 Å². The molecule has 0 spiro atoms. The molecule has 0 saturated carbocycles. The monoisotopic (exact) mass is 805 g/mol. The number of carbonyl (C=O) groups excluding carboxylic acids is 2. The van der Waals surface area contributed by atoms with Gasteiger partial charge in [-0.2, -0.15) is 0 Å². The number of rotatable bonds is 43. The molecule has 0 aromatic heterocycles. The number of ether oxygens (including phenoxy) is 2. The molecular formula is C44H85O10P. The number of aliphatic hydroxyl groups excluding tert-OH is 2. The second-order valence-electron chi connectivity index (χ2n) is 15.4. The molecule has 0 amide bonds. The van der Waals surface area contributed by atoms with Gasteiger partial charge in [0.2, 0.25) is 0 Å². The molecular weight excluding hydrogens is 719 g/mol. The lowest BCUT2D eigenvalue weighted by molar-refractivity contribution is -0.161. The Morgan fingerprint density at radius 3 is 1.33 bits per heavy atom. The molecule has 0 aliphatic rings. The molecule has 0 aromatic rings. The predicted octanol–water partition coefficient (Wildman–Crippen LogP) is 12.0. The quantitative estimate of drug-likeness (QED) is 0.0235. The Balaban J connectivity index is 4.24. The van der Waals surface area contributed by atoms with Crippen LogP contribution in [0.5, 0.6) is 0 Å². The molecule has 0 aliphatic heterocycles. The highest BCUT2D eigenvalue weighted by Crippen LogP contribution is 2.43. The summed E-state index contributed by atoms with van der Waals surface area (Å²) in [5.41, 5.74) is 0. The SMILES string of the molecule is CCCCCC/C=C/CCCCCCCCCCCC(=O)O[C@H](COC(=O)CCCCCCCCCCCCCCCCC)COP(=O)(O)OC[C@@H](O)CO. The summed E-state index contributed by atoms with van der Waals surface area (Å²) in [4.78, 5) is 35.0. The standard InChI is InChI=1S/C44H85O10P/c1-3-5-7-9-11-13-15-17-19-20-22-24-26-28-30-32-34-36-44(48)54-42(40-53-55(49,50)52-38-41(46)37-45)39-51-43(47)35-33-31-29-27-25-23-21-18-16-14-12-10-8-6-4-2/h13,15,41-42,45-46H,3-12,14,16-40H2,1-2H3,(H,49,50)/b15-13+/t41-,42+/m0/s1. The summed E-state index contributed by atoms with van der Waals surface area (Å²) in [6.45, 7) is 2.40. The molecule has 0 fully saturated rings. The number of aliphatic hydroxyl groups is 2. The molecule has 10 nitrogen and oxygen atoms in total. The Bertz CT molecular complexity index is 930. The van der Waals surface area contributed by atoms with Crippen LogP contribution < -0.4 is 0 Å². The molecule has 0 aliphatic carbocycles. The van der Waals surface area contributed by atoms with Gasteiger partial charge in [-0.15, -0.1) is 0 Å². The van der Waals surface area contributed by atoms with Gasteiger partial charge in [0.15, 0.2) is 6.10 Å². The van der Waals surface area contributed by atoms with Gasteiger partial charge in [-0.25, -0.2) is 4.57 Å². The topological polar surface area (TPSA) is 149 Å². The van der Waals surface area contributed by atoms with Crippen molar-refractivity contribution in [3.05, 3.63) is 12.2 Å². The number of hydrogen-bond donors (Lipinski definition) is 3. The number of hydrogen-bond acceptors (Lipinski definition) is 9. The molecule has 0 radical (unpaired) electrons. The molecule has 0 aromatic carbocycles. The Kier molecular flexibility index (Phi) is 39.9. The molecule has 0 rings (SSSR count). The molecule has 0 saturated heterocycles. The van der Waals surface area contributed by atoms with Crippen molar-refractivity contribution in [2.75, 3.05) is 26.4 Å². The van der Waals surface area contributed by atoms with Crippen molar-refractivity contribution >= 4 is 19.8 Å². The number of phosphoric ester groups is 1. The fraction of sp³-hybridized carbons (Fsp3) is 0.909. The molecule has 3 N–H and O–H groups in total. The lowest BCUT2D eigenvalue weighted by atomic mass is 10.0. The largest absolute Gasteiger partial charge is 0.472 e. The molecule has 55 heavy (non-hydrogen) atoms. The average molecular weight is 805 g/mol. The van der Waals surface area contributed by atoms with Crippen molar-refractivity contribution < 1.29 is 47.8 Å². The zero-order chi connectivity index (χ0) is 40.5. The summed E-state index contributed by atoms with van der Waals surface area (Å²) in [7, 11) is -4.61. The number of allylic oxidation sites excluding steroid dienone is 2. The number of unbranched alkanes of at least 4 members (excludes halogenated alkanes) is 27. The van der Waals surface area contributed by atoms with E-state index in [1.54, 1.807) is 0 Å². The average Bonchev–Trinajstić information content (AvgIpc) is 3.17. The van der Waals surface area contributed by atoms with E-state index in [2.05, 4.69) is 26.0 Å². The van der Waals surface area contributed by atoms with E-state index in [-0.39, 0.29) is 19.4 Å². The van der Waals surface area contributed by atoms with E-state index in [0.717, 1.165) is 38.5 Å². The van der Waals surface area contributed by atoms with Crippen LogP contribution in [0.3, 0.4) is 0 Å². The van der Waals surface area contributed by atoms with Crippen molar-refractivity contribution in [3.63, 3.8) is 0 Å². The zero-order valence-electron chi connectivity index (χ0n) is 35.4. The van der Waals surface area contributed by atoms with Gasteiger partial charge in [0.1, 0.15) is 12.7 Å². The molecule has 0 heterocycles. The van der Waals surface area contributed by atoms with Crippen LogP contribution in [0.2, 0.25) is 0 Å². The van der Waals surface area contributed by atoms with E-state index in [1.165, 1.54) is 141 Å². The van der Waals surface area contributed by atoms with Crippen LogP contribution in [0, 0.1) is 0 Å². The second kappa shape index (κ2) is 40.9. The molecule has 3 atom stereocenters. The maximum absolute atomic E-state index is 12.6. The Morgan fingerprint density at radius 1 is 0.527 bits per heavy atom. The normalized spacial score (nSPS) is 13.9. The van der Waals surface area contributed by atoms with Crippen molar-refractivity contribution in [2.24, 2.45) is 0 Å². The van der Waals surface area contributed by atoms with Gasteiger partial charge >= 0.3 is 19.8 Å². The number of esters is 2. The zero-order valence-corrected chi connectivity index (χ0v) is 36.3. The first-order chi connectivity index (χ1) is 26.7. The van der Waals surface area contributed by atoms with Gasteiger partial charge in [-0.05, 0) is 38.5 Å². The molecule has 11 heteroatoms. The first-order valence-corrected chi connectivity index (χ1v) is 24.1. The van der Waals surface area contributed by atoms with E-state index < -0.39 is 51.8 Å². The minimum Gasteiger partial charge on any atom is -0.462 e. The first-order valence-electron chi connectivity index (χ1n) is 22.6. The van der Waals surface area contributed by atoms with E-state index >= 15 is 0 Å². The summed E-state index contributed by atoms with van der Waals surface area (Å²) in [5.74, 6) is -0.915. The summed E-state index contributed by atoms with van der Waals surface area (Å²) in [6, 6.07) is 0. The predicted molar refractivity (Wildman–Crippen MR) is 224 cm³/mol. The minimum absolute atomic E-state index is 0.186. The summed E-state index contributed by atoms with van der Waals surface area (Å²) in [5, 5.41) is 18.3. The van der Waals surface area contributed by atoms with Gasteiger partial charge in [0.25, 0.3) is 0 Å². The fourth-order valence-corrected chi connectivity index (χ4v) is 7.19. The Labute approximate surface area is 336 Å². The summed E-state index contributed by atoms with van der Waals surface area (Å²) < 4.78 is 32.8. The van der Waals surface area contributed by atoms with Crippen LogP contribution in [0.25, 0.3) is 0 Å². The maximum Gasteiger partial charge on any atom is 0.472 e. The van der Waals surface area contributed by atoms with Crippen LogP contribution in [-0.2, 0) is 32.7 Å². The van der Waals surface area contributed by atoms with Gasteiger partial charge in [0, 0.05) is 12.8 Å². The highest BCUT2D eigenvalue weighted by molar-refractivity contribution is 7.47. The molecule has 326 valence electrons. The van der Waals surface area contributed by atoms with Crippen LogP contribution in [-0.4, -0.2) is 65.7 Å². The van der Waals surface area contributed by atoms with Crippen molar-refractivity contribution in [2.45, 2.75) is 232 Å². The van der Waals surface area contributed by atoms with Gasteiger partial charge in [-0.3, -0.25) is 18.6 Å². The maximum atomic E-state index is 12.6. The molecule has 0 bridgehead atoms. The third-order valence-corrected chi connectivity index (χ3v) is 10.9. The second-order valence-corrected chi connectivity index (χ2v) is 16.9. The minimum atomic E-state index is -4.61. The van der Waals surface area contributed by atoms with Crippen LogP contribution >= 0.6 is 7.82 Å². The fourth-order valence-electron chi connectivity index (χ4n) is 6.40. The smallest absolute Gasteiger partial charge is 0.462 e. The number of phosphoric acid groups is 1. The summed E-state index contributed by atoms with van der Waals surface area (Å²) in [6.07, 6.45) is 38.8. The van der Waals surface area contributed by atoms with E-state index in [4.69, 9.17) is 23.6 Å².